The smallest absolute Gasteiger partial charge is 0.347 e. The van der Waals surface area contributed by atoms with Gasteiger partial charge in [0, 0.05) is 22.5 Å². The lowest BCUT2D eigenvalue weighted by atomic mass is 9.86. The van der Waals surface area contributed by atoms with Crippen LogP contribution in [-0.2, 0) is 5.41 Å². The minimum atomic E-state index is -0.546. The summed E-state index contributed by atoms with van der Waals surface area (Å²) in [6.07, 6.45) is 0. The third-order valence-corrected chi connectivity index (χ3v) is 5.03. The standard InChI is InChI=1S/C24H23NO3/c1-14-12-19(26)21(23(27)28-14)20-17-11-10-16(24(2,3)4)13-18(17)25-22(20)15-8-6-5-7-9-15/h5-13,25-26H,1-4H3. The molecule has 0 aliphatic carbocycles. The minimum absolute atomic E-state index is 0.00258. The molecule has 0 unspecified atom stereocenters. The first-order valence-electron chi connectivity index (χ1n) is 9.31. The largest absolute Gasteiger partial charge is 0.507 e. The Morgan fingerprint density at radius 2 is 1.68 bits per heavy atom. The molecule has 0 amide bonds. The van der Waals surface area contributed by atoms with Crippen LogP contribution in [0.2, 0.25) is 0 Å². The van der Waals surface area contributed by atoms with Gasteiger partial charge in [0.1, 0.15) is 17.1 Å². The number of nitrogens with one attached hydrogen (secondary N) is 1. The van der Waals surface area contributed by atoms with Gasteiger partial charge in [-0.2, -0.15) is 0 Å². The van der Waals surface area contributed by atoms with E-state index in [9.17, 15) is 9.90 Å². The van der Waals surface area contributed by atoms with Crippen molar-refractivity contribution in [3.05, 3.63) is 76.3 Å². The van der Waals surface area contributed by atoms with Crippen molar-refractivity contribution in [2.45, 2.75) is 33.1 Å². The Kier molecular flexibility index (Phi) is 4.15. The van der Waals surface area contributed by atoms with Crippen LogP contribution in [0.4, 0.5) is 0 Å². The number of rotatable bonds is 2. The topological polar surface area (TPSA) is 66.2 Å². The van der Waals surface area contributed by atoms with Gasteiger partial charge in [0.2, 0.25) is 0 Å². The number of benzene rings is 2. The van der Waals surface area contributed by atoms with E-state index >= 15 is 0 Å². The van der Waals surface area contributed by atoms with Crippen LogP contribution in [0.25, 0.3) is 33.3 Å². The predicted octanol–water partition coefficient (Wildman–Crippen LogP) is 5.77. The van der Waals surface area contributed by atoms with Crippen LogP contribution in [0, 0.1) is 6.92 Å². The number of aromatic amines is 1. The molecule has 0 spiro atoms. The zero-order valence-electron chi connectivity index (χ0n) is 16.5. The van der Waals surface area contributed by atoms with Crippen LogP contribution in [0.3, 0.4) is 0 Å². The fourth-order valence-corrected chi connectivity index (χ4v) is 3.57. The Labute approximate surface area is 163 Å². The van der Waals surface area contributed by atoms with Crippen molar-refractivity contribution < 1.29 is 9.52 Å². The maximum atomic E-state index is 12.7. The number of aromatic nitrogens is 1. The highest BCUT2D eigenvalue weighted by Gasteiger charge is 2.23. The summed E-state index contributed by atoms with van der Waals surface area (Å²) in [5, 5.41) is 11.5. The second-order valence-corrected chi connectivity index (χ2v) is 8.16. The van der Waals surface area contributed by atoms with E-state index in [1.54, 1.807) is 6.92 Å². The van der Waals surface area contributed by atoms with Gasteiger partial charge in [-0.3, -0.25) is 0 Å². The first-order valence-corrected chi connectivity index (χ1v) is 9.31. The molecule has 4 aromatic rings. The number of aryl methyl sites for hydroxylation is 1. The molecular weight excluding hydrogens is 350 g/mol. The monoisotopic (exact) mass is 373 g/mol. The summed E-state index contributed by atoms with van der Waals surface area (Å²) in [5.74, 6) is 0.300. The molecule has 4 nitrogen and oxygen atoms in total. The van der Waals surface area contributed by atoms with Crippen molar-refractivity contribution in [1.82, 2.24) is 4.98 Å². The Balaban J connectivity index is 2.10. The van der Waals surface area contributed by atoms with E-state index in [1.807, 2.05) is 36.4 Å². The molecule has 0 aliphatic heterocycles. The number of fused-ring (bicyclic) bond motifs is 1. The normalized spacial score (nSPS) is 11.9. The van der Waals surface area contributed by atoms with E-state index < -0.39 is 5.63 Å². The molecule has 4 heteroatoms. The summed E-state index contributed by atoms with van der Waals surface area (Å²) >= 11 is 0. The lowest BCUT2D eigenvalue weighted by molar-refractivity contribution is 0.438. The van der Waals surface area contributed by atoms with Crippen LogP contribution in [0.1, 0.15) is 32.1 Å². The fourth-order valence-electron chi connectivity index (χ4n) is 3.57. The van der Waals surface area contributed by atoms with Crippen molar-refractivity contribution in [3.8, 4) is 28.1 Å². The van der Waals surface area contributed by atoms with Gasteiger partial charge in [-0.25, -0.2) is 4.79 Å². The third kappa shape index (κ3) is 3.01. The van der Waals surface area contributed by atoms with E-state index in [-0.39, 0.29) is 16.7 Å². The van der Waals surface area contributed by atoms with Crippen molar-refractivity contribution in [1.29, 1.82) is 0 Å². The molecular formula is C24H23NO3. The Hall–Kier alpha value is -3.27. The maximum Gasteiger partial charge on any atom is 0.347 e. The van der Waals surface area contributed by atoms with E-state index in [0.29, 0.717) is 11.3 Å². The number of aromatic hydroxyl groups is 1. The third-order valence-electron chi connectivity index (χ3n) is 5.03. The van der Waals surface area contributed by atoms with Crippen molar-refractivity contribution in [2.24, 2.45) is 0 Å². The van der Waals surface area contributed by atoms with Gasteiger partial charge in [0.15, 0.2) is 0 Å². The molecule has 0 saturated carbocycles. The molecule has 2 heterocycles. The van der Waals surface area contributed by atoms with E-state index in [4.69, 9.17) is 4.42 Å². The molecule has 2 N–H and O–H groups in total. The summed E-state index contributed by atoms with van der Waals surface area (Å²) in [5.41, 5.74) is 4.12. The average Bonchev–Trinajstić information content (AvgIpc) is 2.99. The Morgan fingerprint density at radius 3 is 2.32 bits per heavy atom. The van der Waals surface area contributed by atoms with E-state index in [2.05, 4.69) is 37.9 Å². The van der Waals surface area contributed by atoms with Gasteiger partial charge < -0.3 is 14.5 Å². The summed E-state index contributed by atoms with van der Waals surface area (Å²) in [7, 11) is 0. The highest BCUT2D eigenvalue weighted by atomic mass is 16.4. The summed E-state index contributed by atoms with van der Waals surface area (Å²) in [6.45, 7) is 8.14. The second-order valence-electron chi connectivity index (χ2n) is 8.16. The summed E-state index contributed by atoms with van der Waals surface area (Å²) < 4.78 is 5.30. The van der Waals surface area contributed by atoms with Crippen LogP contribution in [-0.4, -0.2) is 10.1 Å². The molecule has 2 aromatic heterocycles. The molecule has 28 heavy (non-hydrogen) atoms. The highest BCUT2D eigenvalue weighted by Crippen LogP contribution is 2.41. The molecule has 4 rings (SSSR count). The summed E-state index contributed by atoms with van der Waals surface area (Å²) in [4.78, 5) is 16.1. The molecule has 0 bridgehead atoms. The van der Waals surface area contributed by atoms with E-state index in [0.717, 1.165) is 22.2 Å². The molecule has 0 radical (unpaired) electrons. The quantitative estimate of drug-likeness (QED) is 0.469. The first kappa shape index (κ1) is 18.1. The van der Waals surface area contributed by atoms with Gasteiger partial charge in [-0.15, -0.1) is 0 Å². The second kappa shape index (κ2) is 6.41. The number of hydrogen-bond acceptors (Lipinski definition) is 3. The zero-order valence-corrected chi connectivity index (χ0v) is 16.5. The summed E-state index contributed by atoms with van der Waals surface area (Å²) in [6, 6.07) is 17.5. The van der Waals surface area contributed by atoms with Gasteiger partial charge in [0.25, 0.3) is 0 Å². The molecule has 0 saturated heterocycles. The first-order chi connectivity index (χ1) is 13.3. The van der Waals surface area contributed by atoms with Crippen molar-refractivity contribution >= 4 is 10.9 Å². The predicted molar refractivity (Wildman–Crippen MR) is 113 cm³/mol. The average molecular weight is 373 g/mol. The zero-order chi connectivity index (χ0) is 20.1. The Morgan fingerprint density at radius 1 is 0.964 bits per heavy atom. The SMILES string of the molecule is Cc1cc(O)c(-c2c(-c3ccccc3)[nH]c3cc(C(C)(C)C)ccc23)c(=O)o1. The molecule has 0 aliphatic rings. The van der Waals surface area contributed by atoms with Crippen LogP contribution < -0.4 is 5.63 Å². The highest BCUT2D eigenvalue weighted by molar-refractivity contribution is 6.04. The maximum absolute atomic E-state index is 12.7. The number of hydrogen-bond donors (Lipinski definition) is 2. The van der Waals surface area contributed by atoms with Crippen molar-refractivity contribution in [2.75, 3.05) is 0 Å². The fraction of sp³-hybridized carbons (Fsp3) is 0.208. The van der Waals surface area contributed by atoms with Crippen LogP contribution >= 0.6 is 0 Å². The number of H-pyrrole nitrogens is 1. The molecule has 2 aromatic carbocycles. The van der Waals surface area contributed by atoms with Crippen LogP contribution in [0.5, 0.6) is 5.75 Å². The van der Waals surface area contributed by atoms with Gasteiger partial charge in [-0.05, 0) is 29.5 Å². The lowest BCUT2D eigenvalue weighted by Gasteiger charge is -2.18. The molecule has 142 valence electrons. The Bertz CT molecular complexity index is 1220. The minimum Gasteiger partial charge on any atom is -0.507 e. The lowest BCUT2D eigenvalue weighted by Crippen LogP contribution is -2.10. The molecule has 0 atom stereocenters. The van der Waals surface area contributed by atoms with Gasteiger partial charge >= 0.3 is 5.63 Å². The van der Waals surface area contributed by atoms with Gasteiger partial charge in [-0.1, -0.05) is 63.2 Å². The van der Waals surface area contributed by atoms with E-state index in [1.165, 1.54) is 11.6 Å². The molecule has 0 fully saturated rings. The van der Waals surface area contributed by atoms with Crippen molar-refractivity contribution in [3.63, 3.8) is 0 Å². The van der Waals surface area contributed by atoms with Gasteiger partial charge in [0.05, 0.1) is 5.69 Å². The van der Waals surface area contributed by atoms with Crippen LogP contribution in [0.15, 0.2) is 63.8 Å².